The van der Waals surface area contributed by atoms with Crippen LogP contribution in [0.1, 0.15) is 0 Å². The number of nitrogens with one attached hydrogen (secondary N) is 2. The minimum Gasteiger partial charge on any atom is -0.493 e. The van der Waals surface area contributed by atoms with Crippen molar-refractivity contribution in [3.63, 3.8) is 0 Å². The lowest BCUT2D eigenvalue weighted by molar-refractivity contribution is 0.354. The SMILES string of the molecule is COc1ccc(S(=O)(=O)Nc2ccc(Nc3ccccc3)nn2)cc1OC. The summed E-state index contributed by atoms with van der Waals surface area (Å²) in [7, 11) is -0.938. The van der Waals surface area contributed by atoms with Gasteiger partial charge < -0.3 is 14.8 Å². The first kappa shape index (κ1) is 18.5. The summed E-state index contributed by atoms with van der Waals surface area (Å²) in [6, 6.07) is 16.9. The molecule has 1 aromatic heterocycles. The van der Waals surface area contributed by atoms with Crippen molar-refractivity contribution in [2.24, 2.45) is 0 Å². The number of sulfonamides is 1. The zero-order valence-electron chi connectivity index (χ0n) is 14.7. The Bertz CT molecular complexity index is 1010. The Morgan fingerprint density at radius 2 is 1.48 bits per heavy atom. The summed E-state index contributed by atoms with van der Waals surface area (Å²) in [5.41, 5.74) is 0.852. The van der Waals surface area contributed by atoms with Crippen LogP contribution in [0.2, 0.25) is 0 Å². The van der Waals surface area contributed by atoms with E-state index >= 15 is 0 Å². The molecule has 0 spiro atoms. The van der Waals surface area contributed by atoms with E-state index in [9.17, 15) is 8.42 Å². The Morgan fingerprint density at radius 3 is 2.11 bits per heavy atom. The van der Waals surface area contributed by atoms with Gasteiger partial charge in [-0.1, -0.05) is 18.2 Å². The highest BCUT2D eigenvalue weighted by Gasteiger charge is 2.18. The van der Waals surface area contributed by atoms with Crippen molar-refractivity contribution in [2.75, 3.05) is 24.3 Å². The predicted molar refractivity (Wildman–Crippen MR) is 102 cm³/mol. The van der Waals surface area contributed by atoms with Gasteiger partial charge >= 0.3 is 0 Å². The Hall–Kier alpha value is -3.33. The summed E-state index contributed by atoms with van der Waals surface area (Å²) in [6.07, 6.45) is 0. The number of nitrogens with zero attached hydrogens (tertiary/aromatic N) is 2. The lowest BCUT2D eigenvalue weighted by Gasteiger charge is -2.11. The fourth-order valence-electron chi connectivity index (χ4n) is 2.30. The van der Waals surface area contributed by atoms with Gasteiger partial charge in [0.2, 0.25) is 0 Å². The number of aromatic nitrogens is 2. The van der Waals surface area contributed by atoms with Crippen molar-refractivity contribution in [1.29, 1.82) is 0 Å². The molecule has 140 valence electrons. The summed E-state index contributed by atoms with van der Waals surface area (Å²) in [5.74, 6) is 1.35. The molecular formula is C18H18N4O4S. The Balaban J connectivity index is 1.76. The predicted octanol–water partition coefficient (Wildman–Crippen LogP) is 3.04. The molecule has 0 aliphatic carbocycles. The number of anilines is 3. The van der Waals surface area contributed by atoms with Crippen LogP contribution in [0.5, 0.6) is 11.5 Å². The van der Waals surface area contributed by atoms with Crippen LogP contribution in [0.15, 0.2) is 65.6 Å². The highest BCUT2D eigenvalue weighted by Crippen LogP contribution is 2.30. The summed E-state index contributed by atoms with van der Waals surface area (Å²) in [4.78, 5) is 0.0217. The molecule has 3 aromatic rings. The molecule has 0 unspecified atom stereocenters. The van der Waals surface area contributed by atoms with Crippen LogP contribution in [-0.2, 0) is 10.0 Å². The summed E-state index contributed by atoms with van der Waals surface area (Å²) >= 11 is 0. The van der Waals surface area contributed by atoms with Gasteiger partial charge in [-0.05, 0) is 36.4 Å². The molecule has 1 heterocycles. The first-order valence-electron chi connectivity index (χ1n) is 7.92. The first-order valence-corrected chi connectivity index (χ1v) is 9.41. The van der Waals surface area contributed by atoms with Crippen molar-refractivity contribution in [3.05, 3.63) is 60.7 Å². The molecule has 0 aliphatic rings. The molecule has 3 rings (SSSR count). The van der Waals surface area contributed by atoms with E-state index in [2.05, 4.69) is 20.2 Å². The number of methoxy groups -OCH3 is 2. The number of benzene rings is 2. The number of hydrogen-bond acceptors (Lipinski definition) is 7. The van der Waals surface area contributed by atoms with Crippen molar-refractivity contribution < 1.29 is 17.9 Å². The molecule has 0 aliphatic heterocycles. The van der Waals surface area contributed by atoms with Crippen LogP contribution in [0.4, 0.5) is 17.3 Å². The van der Waals surface area contributed by atoms with Crippen LogP contribution >= 0.6 is 0 Å². The van der Waals surface area contributed by atoms with E-state index in [1.54, 1.807) is 6.07 Å². The minimum absolute atomic E-state index is 0.0217. The van der Waals surface area contributed by atoms with Gasteiger partial charge in [0.25, 0.3) is 10.0 Å². The van der Waals surface area contributed by atoms with Gasteiger partial charge in [-0.25, -0.2) is 8.42 Å². The van der Waals surface area contributed by atoms with Crippen LogP contribution in [0.3, 0.4) is 0 Å². The van der Waals surface area contributed by atoms with Gasteiger partial charge in [-0.2, -0.15) is 0 Å². The molecule has 0 bridgehead atoms. The summed E-state index contributed by atoms with van der Waals surface area (Å²) in [5, 5.41) is 11.0. The maximum Gasteiger partial charge on any atom is 0.263 e. The number of para-hydroxylation sites is 1. The molecule has 0 fully saturated rings. The summed E-state index contributed by atoms with van der Waals surface area (Å²) in [6.45, 7) is 0. The number of rotatable bonds is 7. The van der Waals surface area contributed by atoms with Crippen LogP contribution in [-0.4, -0.2) is 32.8 Å². The van der Waals surface area contributed by atoms with E-state index in [1.807, 2.05) is 30.3 Å². The van der Waals surface area contributed by atoms with Gasteiger partial charge in [-0.3, -0.25) is 4.72 Å². The molecule has 27 heavy (non-hydrogen) atoms. The fraction of sp³-hybridized carbons (Fsp3) is 0.111. The lowest BCUT2D eigenvalue weighted by Crippen LogP contribution is -2.14. The van der Waals surface area contributed by atoms with E-state index < -0.39 is 10.0 Å². The summed E-state index contributed by atoms with van der Waals surface area (Å²) < 4.78 is 37.8. The van der Waals surface area contributed by atoms with E-state index in [1.165, 1.54) is 38.5 Å². The van der Waals surface area contributed by atoms with Crippen molar-refractivity contribution in [2.45, 2.75) is 4.90 Å². The minimum atomic E-state index is -3.85. The standard InChI is InChI=1S/C18H18N4O4S/c1-25-15-9-8-14(12-16(15)26-2)27(23,24)22-18-11-10-17(20-21-18)19-13-6-4-3-5-7-13/h3-12H,1-2H3,(H,19,20)(H,21,22). The Morgan fingerprint density at radius 1 is 0.815 bits per heavy atom. The van der Waals surface area contributed by atoms with Gasteiger partial charge in [0.05, 0.1) is 19.1 Å². The van der Waals surface area contributed by atoms with Gasteiger partial charge in [-0.15, -0.1) is 10.2 Å². The third-order valence-electron chi connectivity index (χ3n) is 3.61. The zero-order chi connectivity index (χ0) is 19.3. The second kappa shape index (κ2) is 7.92. The molecule has 0 radical (unpaired) electrons. The highest BCUT2D eigenvalue weighted by atomic mass is 32.2. The van der Waals surface area contributed by atoms with E-state index in [0.717, 1.165) is 5.69 Å². The largest absolute Gasteiger partial charge is 0.493 e. The van der Waals surface area contributed by atoms with Gasteiger partial charge in [0, 0.05) is 11.8 Å². The molecule has 0 amide bonds. The number of hydrogen-bond donors (Lipinski definition) is 2. The van der Waals surface area contributed by atoms with E-state index in [4.69, 9.17) is 9.47 Å². The quantitative estimate of drug-likeness (QED) is 0.643. The molecule has 2 N–H and O–H groups in total. The Labute approximate surface area is 157 Å². The third-order valence-corrected chi connectivity index (χ3v) is 4.97. The first-order chi connectivity index (χ1) is 13.0. The lowest BCUT2D eigenvalue weighted by atomic mass is 10.3. The van der Waals surface area contributed by atoms with Gasteiger partial charge in [0.1, 0.15) is 0 Å². The van der Waals surface area contributed by atoms with Crippen LogP contribution < -0.4 is 19.5 Å². The zero-order valence-corrected chi connectivity index (χ0v) is 15.5. The van der Waals surface area contributed by atoms with Gasteiger partial charge in [0.15, 0.2) is 23.1 Å². The van der Waals surface area contributed by atoms with E-state index in [-0.39, 0.29) is 10.7 Å². The molecule has 2 aromatic carbocycles. The fourth-order valence-corrected chi connectivity index (χ4v) is 3.31. The average Bonchev–Trinajstić information content (AvgIpc) is 2.69. The maximum absolute atomic E-state index is 12.6. The monoisotopic (exact) mass is 386 g/mol. The number of ether oxygens (including phenoxy) is 2. The normalized spacial score (nSPS) is 10.9. The molecule has 8 nitrogen and oxygen atoms in total. The average molecular weight is 386 g/mol. The Kier molecular flexibility index (Phi) is 5.41. The second-order valence-corrected chi connectivity index (χ2v) is 7.10. The third kappa shape index (κ3) is 4.45. The highest BCUT2D eigenvalue weighted by molar-refractivity contribution is 7.92. The molecule has 9 heteroatoms. The molecular weight excluding hydrogens is 368 g/mol. The van der Waals surface area contributed by atoms with E-state index in [0.29, 0.717) is 17.3 Å². The molecule has 0 saturated heterocycles. The second-order valence-electron chi connectivity index (χ2n) is 5.42. The van der Waals surface area contributed by atoms with Crippen molar-refractivity contribution in [3.8, 4) is 11.5 Å². The van der Waals surface area contributed by atoms with Crippen LogP contribution in [0, 0.1) is 0 Å². The molecule has 0 atom stereocenters. The maximum atomic E-state index is 12.6. The van der Waals surface area contributed by atoms with Crippen molar-refractivity contribution >= 4 is 27.3 Å². The topological polar surface area (TPSA) is 102 Å². The van der Waals surface area contributed by atoms with Crippen LogP contribution in [0.25, 0.3) is 0 Å². The molecule has 0 saturated carbocycles. The smallest absolute Gasteiger partial charge is 0.263 e. The van der Waals surface area contributed by atoms with Crippen molar-refractivity contribution in [1.82, 2.24) is 10.2 Å².